The number of anilines is 1. The Morgan fingerprint density at radius 1 is 0.979 bits per heavy atom. The predicted octanol–water partition coefficient (Wildman–Crippen LogP) is 3.86. The Kier molecular flexibility index (Phi) is 14.5. The minimum Gasteiger partial charge on any atom is -0.463 e. The second kappa shape index (κ2) is 19.5. The van der Waals surface area contributed by atoms with E-state index in [0.717, 1.165) is 12.1 Å². The minimum atomic E-state index is -1.18. The predicted molar refractivity (Wildman–Crippen MR) is 171 cm³/mol. The van der Waals surface area contributed by atoms with Crippen molar-refractivity contribution in [3.63, 3.8) is 0 Å². The van der Waals surface area contributed by atoms with Gasteiger partial charge >= 0.3 is 6.03 Å². The van der Waals surface area contributed by atoms with Crippen LogP contribution in [0.4, 0.5) is 14.9 Å². The van der Waals surface area contributed by atoms with Gasteiger partial charge in [0.05, 0.1) is 6.04 Å². The Bertz CT molecular complexity index is 1470. The Hall–Kier alpha value is -4.94. The van der Waals surface area contributed by atoms with Gasteiger partial charge in [-0.05, 0) is 74.0 Å². The van der Waals surface area contributed by atoms with E-state index < -0.39 is 72.2 Å². The number of nitrogens with two attached hydrogens (primary N) is 1. The number of carbonyl (C=O) groups excluding carboxylic acids is 7. The van der Waals surface area contributed by atoms with Gasteiger partial charge in [-0.25, -0.2) is 9.18 Å². The lowest BCUT2D eigenvalue weighted by Crippen LogP contribution is -2.45. The standard InChI is InChI=1S/C34H43FN4O8/c1-21(2)32(39-31(44)15-10-25(22(3)41)17-29(42)24-8-11-27(35)12-9-24)30(43)18-26(5-4-16-37-34(36)46)33(45)38-28-13-6-23(7-14-28)19-47-20-40/h6-9,11-14,20-21,25-26,32H,4-5,10,15-19H2,1-3H3,(H,38,45)(H,39,44)(H3,36,37,46)/t25-,26-,32+/m1/s1/i3D,20D. The summed E-state index contributed by atoms with van der Waals surface area (Å²) in [6.07, 6.45) is -1.40. The Morgan fingerprint density at radius 2 is 1.66 bits per heavy atom. The van der Waals surface area contributed by atoms with E-state index >= 15 is 0 Å². The molecule has 4 amide bonds. The van der Waals surface area contributed by atoms with Crippen LogP contribution in [-0.2, 0) is 35.3 Å². The highest BCUT2D eigenvalue weighted by Gasteiger charge is 2.30. The van der Waals surface area contributed by atoms with E-state index in [1.165, 1.54) is 12.1 Å². The molecule has 0 unspecified atom stereocenters. The summed E-state index contributed by atoms with van der Waals surface area (Å²) in [5.74, 6) is -5.04. The molecule has 0 fully saturated rings. The summed E-state index contributed by atoms with van der Waals surface area (Å²) in [7, 11) is 0. The van der Waals surface area contributed by atoms with Crippen molar-refractivity contribution in [2.24, 2.45) is 23.5 Å². The van der Waals surface area contributed by atoms with Crippen molar-refractivity contribution in [1.82, 2.24) is 10.6 Å². The topological polar surface area (TPSA) is 191 Å². The molecule has 47 heavy (non-hydrogen) atoms. The fraction of sp³-hybridized carbons (Fsp3) is 0.441. The van der Waals surface area contributed by atoms with Gasteiger partial charge in [-0.3, -0.25) is 28.8 Å². The molecule has 0 heterocycles. The summed E-state index contributed by atoms with van der Waals surface area (Å²) in [5, 5.41) is 7.88. The molecular weight excluding hydrogens is 611 g/mol. The van der Waals surface area contributed by atoms with E-state index in [2.05, 4.69) is 20.7 Å². The largest absolute Gasteiger partial charge is 0.463 e. The maximum Gasteiger partial charge on any atom is 0.312 e. The zero-order chi connectivity index (χ0) is 36.5. The third-order valence-corrected chi connectivity index (χ3v) is 7.47. The van der Waals surface area contributed by atoms with Crippen LogP contribution in [0.5, 0.6) is 0 Å². The number of rotatable bonds is 20. The maximum absolute atomic E-state index is 13.5. The molecular formula is C34H43FN4O8. The second-order valence-electron chi connectivity index (χ2n) is 11.5. The van der Waals surface area contributed by atoms with E-state index in [4.69, 9.17) is 8.48 Å². The number of amides is 4. The number of Topliss-reactive ketones (excluding diaryl/α,β-unsaturated/α-hetero) is 3. The van der Waals surface area contributed by atoms with E-state index in [1.807, 2.05) is 0 Å². The lowest BCUT2D eigenvalue weighted by molar-refractivity contribution is -0.131. The van der Waals surface area contributed by atoms with Crippen LogP contribution < -0.4 is 21.7 Å². The first-order valence-electron chi connectivity index (χ1n) is 16.4. The smallest absolute Gasteiger partial charge is 0.312 e. The van der Waals surface area contributed by atoms with Crippen molar-refractivity contribution in [2.45, 2.75) is 71.9 Å². The molecule has 2 aromatic carbocycles. The van der Waals surface area contributed by atoms with Crippen LogP contribution in [0.1, 0.15) is 77.9 Å². The van der Waals surface area contributed by atoms with Crippen molar-refractivity contribution in [2.75, 3.05) is 11.9 Å². The highest BCUT2D eigenvalue weighted by Crippen LogP contribution is 2.21. The average molecular weight is 657 g/mol. The van der Waals surface area contributed by atoms with E-state index in [9.17, 15) is 38.0 Å². The van der Waals surface area contributed by atoms with E-state index in [-0.39, 0.29) is 56.7 Å². The van der Waals surface area contributed by atoms with Crippen molar-refractivity contribution in [3.8, 4) is 0 Å². The SMILES string of the molecule is [2H]CC(=O)[C@H](CCC(=O)N[C@H](C(=O)C[C@@H](CCCNC(N)=O)C(=O)Nc1ccc(COC([2H])=O)cc1)C(C)C)CC(=O)c1ccc(F)cc1. The maximum atomic E-state index is 13.5. The van der Waals surface area contributed by atoms with Gasteiger partial charge in [0.1, 0.15) is 18.2 Å². The molecule has 254 valence electrons. The summed E-state index contributed by atoms with van der Waals surface area (Å²) in [6, 6.07) is 9.47. The lowest BCUT2D eigenvalue weighted by Gasteiger charge is -2.24. The number of carbonyl (C=O) groups is 7. The minimum absolute atomic E-state index is 0.0439. The van der Waals surface area contributed by atoms with Gasteiger partial charge < -0.3 is 26.4 Å². The molecule has 0 aliphatic carbocycles. The Labute approximate surface area is 276 Å². The van der Waals surface area contributed by atoms with Gasteiger partial charge in [-0.1, -0.05) is 26.0 Å². The number of urea groups is 1. The van der Waals surface area contributed by atoms with E-state index in [1.54, 1.807) is 38.1 Å². The average Bonchev–Trinajstić information content (AvgIpc) is 3.05. The fourth-order valence-electron chi connectivity index (χ4n) is 4.82. The van der Waals surface area contributed by atoms with Gasteiger partial charge in [-0.2, -0.15) is 0 Å². The zero-order valence-electron chi connectivity index (χ0n) is 28.5. The van der Waals surface area contributed by atoms with Crippen LogP contribution in [0.15, 0.2) is 48.5 Å². The normalized spacial score (nSPS) is 13.3. The molecule has 13 heteroatoms. The van der Waals surface area contributed by atoms with Gasteiger partial charge in [-0.15, -0.1) is 0 Å². The summed E-state index contributed by atoms with van der Waals surface area (Å²) < 4.78 is 32.2. The highest BCUT2D eigenvalue weighted by atomic mass is 19.1. The van der Waals surface area contributed by atoms with Crippen molar-refractivity contribution in [1.29, 1.82) is 0 Å². The number of ketones is 3. The van der Waals surface area contributed by atoms with Gasteiger partial charge in [0.25, 0.3) is 6.45 Å². The second-order valence-corrected chi connectivity index (χ2v) is 11.5. The van der Waals surface area contributed by atoms with E-state index in [0.29, 0.717) is 17.7 Å². The number of benzene rings is 2. The first kappa shape index (κ1) is 34.9. The molecule has 0 saturated heterocycles. The highest BCUT2D eigenvalue weighted by molar-refractivity contribution is 5.99. The van der Waals surface area contributed by atoms with Gasteiger partial charge in [0.2, 0.25) is 11.8 Å². The number of hydrogen-bond donors (Lipinski definition) is 4. The quantitative estimate of drug-likeness (QED) is 0.0938. The first-order chi connectivity index (χ1) is 23.2. The van der Waals surface area contributed by atoms with Crippen molar-refractivity contribution < 1.29 is 45.4 Å². The molecule has 3 atom stereocenters. The monoisotopic (exact) mass is 656 g/mol. The summed E-state index contributed by atoms with van der Waals surface area (Å²) in [4.78, 5) is 86.8. The van der Waals surface area contributed by atoms with Crippen LogP contribution in [0.25, 0.3) is 0 Å². The number of hydrogen-bond acceptors (Lipinski definition) is 8. The van der Waals surface area contributed by atoms with Crippen LogP contribution >= 0.6 is 0 Å². The van der Waals surface area contributed by atoms with Crippen LogP contribution in [0.2, 0.25) is 0 Å². The molecule has 0 aliphatic rings. The third-order valence-electron chi connectivity index (χ3n) is 7.47. The molecule has 5 N–H and O–H groups in total. The van der Waals surface area contributed by atoms with Gasteiger partial charge in [0, 0.05) is 50.3 Å². The van der Waals surface area contributed by atoms with Crippen LogP contribution in [-0.4, -0.2) is 54.2 Å². The molecule has 0 aromatic heterocycles. The van der Waals surface area contributed by atoms with Crippen LogP contribution in [0, 0.1) is 23.6 Å². The molecule has 0 spiro atoms. The van der Waals surface area contributed by atoms with Crippen LogP contribution in [0.3, 0.4) is 0 Å². The Morgan fingerprint density at radius 3 is 2.26 bits per heavy atom. The molecule has 0 aliphatic heterocycles. The third kappa shape index (κ3) is 13.9. The summed E-state index contributed by atoms with van der Waals surface area (Å²) in [6.45, 7) is 2.92. The van der Waals surface area contributed by atoms with Crippen molar-refractivity contribution in [3.05, 3.63) is 65.5 Å². The number of halogens is 1. The molecule has 12 nitrogen and oxygen atoms in total. The molecule has 0 radical (unpaired) electrons. The molecule has 0 saturated carbocycles. The summed E-state index contributed by atoms with van der Waals surface area (Å²) in [5.41, 5.74) is 6.32. The number of nitrogens with one attached hydrogen (secondary N) is 3. The lowest BCUT2D eigenvalue weighted by atomic mass is 9.88. The van der Waals surface area contributed by atoms with Gasteiger partial charge in [0.15, 0.2) is 12.9 Å². The molecule has 0 bridgehead atoms. The zero-order valence-corrected chi connectivity index (χ0v) is 26.5. The van der Waals surface area contributed by atoms with Crippen molar-refractivity contribution >= 4 is 47.3 Å². The molecule has 2 aromatic rings. The Balaban J connectivity index is 2.08. The number of ether oxygens (including phenoxy) is 1. The first-order valence-corrected chi connectivity index (χ1v) is 15.2. The summed E-state index contributed by atoms with van der Waals surface area (Å²) >= 11 is 0. The molecule has 2 rings (SSSR count). The number of primary amides is 1. The fourth-order valence-corrected chi connectivity index (χ4v) is 4.82.